The summed E-state index contributed by atoms with van der Waals surface area (Å²) in [6.45, 7) is 9.75. The van der Waals surface area contributed by atoms with Gasteiger partial charge in [-0.2, -0.15) is 0 Å². The van der Waals surface area contributed by atoms with Gasteiger partial charge in [0.2, 0.25) is 0 Å². The Labute approximate surface area is 147 Å². The fourth-order valence-corrected chi connectivity index (χ4v) is 4.24. The highest BCUT2D eigenvalue weighted by Gasteiger charge is 2.22. The predicted molar refractivity (Wildman–Crippen MR) is 99.5 cm³/mol. The molecule has 128 valence electrons. The van der Waals surface area contributed by atoms with Gasteiger partial charge in [0.15, 0.2) is 5.13 Å². The first kappa shape index (κ1) is 17.1. The number of nitrogens with one attached hydrogen (secondary N) is 1. The number of rotatable bonds is 4. The van der Waals surface area contributed by atoms with Crippen molar-refractivity contribution in [3.8, 4) is 0 Å². The van der Waals surface area contributed by atoms with Gasteiger partial charge in [-0.1, -0.05) is 31.5 Å². The lowest BCUT2D eigenvalue weighted by Gasteiger charge is -2.34. The van der Waals surface area contributed by atoms with E-state index < -0.39 is 0 Å². The van der Waals surface area contributed by atoms with Crippen LogP contribution in [0.1, 0.15) is 41.9 Å². The molecule has 0 unspecified atom stereocenters. The lowest BCUT2D eigenvalue weighted by molar-refractivity contribution is 0.102. The summed E-state index contributed by atoms with van der Waals surface area (Å²) in [6, 6.07) is 7.60. The van der Waals surface area contributed by atoms with Crippen molar-refractivity contribution in [3.63, 3.8) is 0 Å². The number of hydrogen-bond acceptors (Lipinski definition) is 4. The number of aryl methyl sites for hydroxylation is 1. The highest BCUT2D eigenvalue weighted by Crippen LogP contribution is 2.24. The molecule has 1 fully saturated rings. The number of piperidine rings is 1. The minimum Gasteiger partial charge on any atom is -0.298 e. The van der Waals surface area contributed by atoms with E-state index in [1.165, 1.54) is 17.8 Å². The minimum atomic E-state index is -0.0974. The molecule has 3 rings (SSSR count). The molecule has 1 N–H and O–H groups in total. The summed E-state index contributed by atoms with van der Waals surface area (Å²) in [5.74, 6) is 1.39. The number of aromatic nitrogens is 1. The summed E-state index contributed by atoms with van der Waals surface area (Å²) in [6.07, 6.45) is 1.31. The number of nitrogens with zero attached hydrogens (tertiary/aromatic N) is 2. The molecular weight excluding hydrogens is 318 g/mol. The highest BCUT2D eigenvalue weighted by molar-refractivity contribution is 7.13. The molecule has 4 nitrogen and oxygen atoms in total. The van der Waals surface area contributed by atoms with Gasteiger partial charge in [0.25, 0.3) is 5.91 Å². The highest BCUT2D eigenvalue weighted by atomic mass is 32.1. The van der Waals surface area contributed by atoms with E-state index in [-0.39, 0.29) is 5.91 Å². The minimum absolute atomic E-state index is 0.0974. The number of thiazole rings is 1. The van der Waals surface area contributed by atoms with E-state index in [9.17, 15) is 4.79 Å². The van der Waals surface area contributed by atoms with Crippen LogP contribution in [0.3, 0.4) is 0 Å². The monoisotopic (exact) mass is 343 g/mol. The van der Waals surface area contributed by atoms with Crippen LogP contribution in [-0.4, -0.2) is 28.9 Å². The number of anilines is 1. The molecule has 1 aromatic carbocycles. The number of carbonyl (C=O) groups excluding carboxylic acids is 1. The van der Waals surface area contributed by atoms with E-state index in [0.717, 1.165) is 42.7 Å². The van der Waals surface area contributed by atoms with Gasteiger partial charge < -0.3 is 0 Å². The fraction of sp³-hybridized carbons (Fsp3) is 0.474. The second-order valence-electron chi connectivity index (χ2n) is 7.11. The van der Waals surface area contributed by atoms with Crippen molar-refractivity contribution in [1.29, 1.82) is 0 Å². The average Bonchev–Trinajstić information content (AvgIpc) is 2.93. The van der Waals surface area contributed by atoms with Crippen molar-refractivity contribution in [3.05, 3.63) is 46.5 Å². The molecule has 1 aromatic heterocycles. The molecule has 1 aliphatic heterocycles. The lowest BCUT2D eigenvalue weighted by Crippen LogP contribution is -2.38. The van der Waals surface area contributed by atoms with Crippen molar-refractivity contribution in [2.45, 2.75) is 33.7 Å². The quantitative estimate of drug-likeness (QED) is 0.906. The van der Waals surface area contributed by atoms with Crippen molar-refractivity contribution in [1.82, 2.24) is 9.88 Å². The number of benzene rings is 1. The van der Waals surface area contributed by atoms with Crippen LogP contribution in [0, 0.1) is 18.8 Å². The Kier molecular flexibility index (Phi) is 5.31. The van der Waals surface area contributed by atoms with Crippen molar-refractivity contribution >= 4 is 22.4 Å². The first-order valence-electron chi connectivity index (χ1n) is 8.54. The van der Waals surface area contributed by atoms with Gasteiger partial charge in [0.1, 0.15) is 0 Å². The Hall–Kier alpha value is -1.72. The van der Waals surface area contributed by atoms with E-state index in [0.29, 0.717) is 10.7 Å². The maximum Gasteiger partial charge on any atom is 0.257 e. The van der Waals surface area contributed by atoms with E-state index in [2.05, 4.69) is 34.4 Å². The number of amides is 1. The molecule has 5 heteroatoms. The number of likely N-dealkylation sites (tertiary alicyclic amines) is 1. The van der Waals surface area contributed by atoms with Gasteiger partial charge in [-0.15, -0.1) is 11.3 Å². The fourth-order valence-electron chi connectivity index (χ4n) is 3.54. The number of carbonyl (C=O) groups is 1. The van der Waals surface area contributed by atoms with Gasteiger partial charge in [-0.3, -0.25) is 15.0 Å². The van der Waals surface area contributed by atoms with Gasteiger partial charge in [0, 0.05) is 30.6 Å². The molecule has 1 aliphatic rings. The molecule has 2 atom stereocenters. The summed E-state index contributed by atoms with van der Waals surface area (Å²) in [4.78, 5) is 19.4. The standard InChI is InChI=1S/C19H25N3OS/c1-13-5-4-6-16(8-13)18(23)21-19-20-17(12-24-19)11-22-9-14(2)7-15(3)10-22/h4-6,8,12,14-15H,7,9-11H2,1-3H3,(H,20,21,23)/t14-,15-/m0/s1. The normalized spacial score (nSPS) is 21.6. The molecule has 2 aromatic rings. The van der Waals surface area contributed by atoms with Crippen molar-refractivity contribution in [2.24, 2.45) is 11.8 Å². The Morgan fingerprint density at radius 1 is 1.33 bits per heavy atom. The Bertz CT molecular complexity index is 702. The summed E-state index contributed by atoms with van der Waals surface area (Å²) < 4.78 is 0. The van der Waals surface area contributed by atoms with E-state index in [1.54, 1.807) is 0 Å². The van der Waals surface area contributed by atoms with Crippen LogP contribution in [0.4, 0.5) is 5.13 Å². The average molecular weight is 343 g/mol. The Morgan fingerprint density at radius 2 is 2.08 bits per heavy atom. The predicted octanol–water partition coefficient (Wildman–Crippen LogP) is 4.18. The van der Waals surface area contributed by atoms with Gasteiger partial charge in [-0.25, -0.2) is 4.98 Å². The largest absolute Gasteiger partial charge is 0.298 e. The molecule has 0 spiro atoms. The van der Waals surface area contributed by atoms with Crippen LogP contribution in [0.2, 0.25) is 0 Å². The third-order valence-corrected chi connectivity index (χ3v) is 5.19. The summed E-state index contributed by atoms with van der Waals surface area (Å²) in [5.41, 5.74) is 2.79. The van der Waals surface area contributed by atoms with E-state index in [4.69, 9.17) is 0 Å². The first-order chi connectivity index (χ1) is 11.5. The van der Waals surface area contributed by atoms with Crippen molar-refractivity contribution < 1.29 is 4.79 Å². The maximum atomic E-state index is 12.3. The van der Waals surface area contributed by atoms with Crippen LogP contribution >= 0.6 is 11.3 Å². The van der Waals surface area contributed by atoms with Crippen LogP contribution in [-0.2, 0) is 6.54 Å². The van der Waals surface area contributed by atoms with E-state index >= 15 is 0 Å². The zero-order chi connectivity index (χ0) is 17.1. The van der Waals surface area contributed by atoms with Gasteiger partial charge in [0.05, 0.1) is 5.69 Å². The SMILES string of the molecule is Cc1cccc(C(=O)Nc2nc(CN3C[C@@H](C)C[C@H](C)C3)cs2)c1. The number of hydrogen-bond donors (Lipinski definition) is 1. The summed E-state index contributed by atoms with van der Waals surface area (Å²) >= 11 is 1.50. The molecule has 2 heterocycles. The zero-order valence-corrected chi connectivity index (χ0v) is 15.4. The first-order valence-corrected chi connectivity index (χ1v) is 9.42. The molecule has 0 aliphatic carbocycles. The van der Waals surface area contributed by atoms with Crippen molar-refractivity contribution in [2.75, 3.05) is 18.4 Å². The van der Waals surface area contributed by atoms with Crippen LogP contribution in [0.5, 0.6) is 0 Å². The smallest absolute Gasteiger partial charge is 0.257 e. The second kappa shape index (κ2) is 7.45. The van der Waals surface area contributed by atoms with Crippen LogP contribution < -0.4 is 5.32 Å². The van der Waals surface area contributed by atoms with Crippen LogP contribution in [0.15, 0.2) is 29.6 Å². The summed E-state index contributed by atoms with van der Waals surface area (Å²) in [5, 5.41) is 5.64. The zero-order valence-electron chi connectivity index (χ0n) is 14.6. The lowest BCUT2D eigenvalue weighted by atomic mass is 9.92. The Morgan fingerprint density at radius 3 is 2.79 bits per heavy atom. The Balaban J connectivity index is 1.60. The third kappa shape index (κ3) is 4.42. The van der Waals surface area contributed by atoms with E-state index in [1.807, 2.05) is 31.2 Å². The second-order valence-corrected chi connectivity index (χ2v) is 7.97. The maximum absolute atomic E-state index is 12.3. The topological polar surface area (TPSA) is 45.2 Å². The van der Waals surface area contributed by atoms with Gasteiger partial charge >= 0.3 is 0 Å². The van der Waals surface area contributed by atoms with Crippen LogP contribution in [0.25, 0.3) is 0 Å². The molecule has 24 heavy (non-hydrogen) atoms. The molecule has 1 amide bonds. The molecule has 0 saturated carbocycles. The molecule has 1 saturated heterocycles. The summed E-state index contributed by atoms with van der Waals surface area (Å²) in [7, 11) is 0. The molecular formula is C19H25N3OS. The van der Waals surface area contributed by atoms with Gasteiger partial charge in [-0.05, 0) is 37.3 Å². The molecule has 0 radical (unpaired) electrons. The molecule has 0 bridgehead atoms. The third-order valence-electron chi connectivity index (χ3n) is 4.38.